The Hall–Kier alpha value is -1.33. The summed E-state index contributed by atoms with van der Waals surface area (Å²) in [5.41, 5.74) is 1.11. The number of carbonyl (C=O) groups is 1. The van der Waals surface area contributed by atoms with Crippen molar-refractivity contribution in [3.05, 3.63) is 39.3 Å². The van der Waals surface area contributed by atoms with E-state index in [-0.39, 0.29) is 17.8 Å². The van der Waals surface area contributed by atoms with E-state index in [1.165, 1.54) is 11.3 Å². The van der Waals surface area contributed by atoms with Gasteiger partial charge in [-0.05, 0) is 24.1 Å². The number of aryl methyl sites for hydroxylation is 1. The maximum absolute atomic E-state index is 11.9. The first-order valence-corrected chi connectivity index (χ1v) is 7.22. The summed E-state index contributed by atoms with van der Waals surface area (Å²) in [4.78, 5) is 12.9. The number of halogens is 1. The molecule has 3 rings (SSSR count). The van der Waals surface area contributed by atoms with Crippen LogP contribution in [0.25, 0.3) is 0 Å². The van der Waals surface area contributed by atoms with Crippen molar-refractivity contribution >= 4 is 28.9 Å². The van der Waals surface area contributed by atoms with E-state index >= 15 is 0 Å². The molecule has 1 aliphatic carbocycles. The van der Waals surface area contributed by atoms with Crippen LogP contribution in [0.3, 0.4) is 0 Å². The minimum atomic E-state index is -0.127. The smallest absolute Gasteiger partial charge is 0.309 e. The lowest BCUT2D eigenvalue weighted by Crippen LogP contribution is -2.07. The van der Waals surface area contributed by atoms with E-state index in [4.69, 9.17) is 16.3 Å². The lowest BCUT2D eigenvalue weighted by Gasteiger charge is -2.01. The van der Waals surface area contributed by atoms with Crippen LogP contribution < -0.4 is 0 Å². The number of aromatic nitrogens is 2. The highest BCUT2D eigenvalue weighted by Gasteiger charge is 2.45. The normalized spacial score (nSPS) is 21.4. The molecule has 0 bridgehead atoms. The van der Waals surface area contributed by atoms with E-state index < -0.39 is 0 Å². The molecule has 1 fully saturated rings. The number of hydrogen-bond donors (Lipinski definition) is 0. The Morgan fingerprint density at radius 3 is 3.11 bits per heavy atom. The van der Waals surface area contributed by atoms with Crippen LogP contribution in [0.1, 0.15) is 22.8 Å². The molecule has 0 N–H and O–H groups in total. The van der Waals surface area contributed by atoms with Gasteiger partial charge in [0.1, 0.15) is 6.61 Å². The minimum absolute atomic E-state index is 0.0142. The molecule has 2 atom stereocenters. The molecule has 6 heteroatoms. The topological polar surface area (TPSA) is 44.1 Å². The average Bonchev–Trinajstić information content (AvgIpc) is 2.90. The van der Waals surface area contributed by atoms with Gasteiger partial charge in [-0.1, -0.05) is 11.6 Å². The van der Waals surface area contributed by atoms with Gasteiger partial charge in [0.05, 0.1) is 16.5 Å². The van der Waals surface area contributed by atoms with Gasteiger partial charge >= 0.3 is 5.97 Å². The fourth-order valence-corrected chi connectivity index (χ4v) is 3.13. The molecular formula is C13H13ClN2O2S. The largest absolute Gasteiger partial charge is 0.460 e. The predicted molar refractivity (Wildman–Crippen MR) is 73.2 cm³/mol. The Morgan fingerprint density at radius 2 is 2.47 bits per heavy atom. The highest BCUT2D eigenvalue weighted by molar-refractivity contribution is 7.16. The van der Waals surface area contributed by atoms with Gasteiger partial charge in [-0.15, -0.1) is 11.3 Å². The van der Waals surface area contributed by atoms with Crippen LogP contribution >= 0.6 is 22.9 Å². The number of nitrogens with zero attached hydrogens (tertiary/aromatic N) is 2. The first-order valence-electron chi connectivity index (χ1n) is 6.03. The van der Waals surface area contributed by atoms with Crippen molar-refractivity contribution in [1.29, 1.82) is 0 Å². The quantitative estimate of drug-likeness (QED) is 0.815. The third kappa shape index (κ3) is 2.82. The number of ether oxygens (including phenoxy) is 1. The van der Waals surface area contributed by atoms with Crippen molar-refractivity contribution in [3.63, 3.8) is 0 Å². The molecule has 0 spiro atoms. The molecule has 0 aromatic carbocycles. The van der Waals surface area contributed by atoms with Gasteiger partial charge in [0.2, 0.25) is 0 Å². The number of thiophene rings is 1. The zero-order chi connectivity index (χ0) is 13.4. The molecule has 1 saturated carbocycles. The maximum atomic E-state index is 11.9. The number of carbonyl (C=O) groups excluding carboxylic acids is 1. The van der Waals surface area contributed by atoms with Gasteiger partial charge in [-0.3, -0.25) is 9.48 Å². The van der Waals surface area contributed by atoms with Gasteiger partial charge in [-0.25, -0.2) is 0 Å². The predicted octanol–water partition coefficient (Wildman–Crippen LogP) is 2.98. The second kappa shape index (κ2) is 4.98. The molecule has 2 aromatic heterocycles. The Labute approximate surface area is 119 Å². The van der Waals surface area contributed by atoms with Gasteiger partial charge in [-0.2, -0.15) is 5.10 Å². The summed E-state index contributed by atoms with van der Waals surface area (Å²) < 4.78 is 7.78. The zero-order valence-electron chi connectivity index (χ0n) is 10.4. The monoisotopic (exact) mass is 296 g/mol. The van der Waals surface area contributed by atoms with Crippen LogP contribution in [0, 0.1) is 5.92 Å². The lowest BCUT2D eigenvalue weighted by atomic mass is 10.2. The lowest BCUT2D eigenvalue weighted by molar-refractivity contribution is -0.146. The first kappa shape index (κ1) is 12.7. The number of rotatable bonds is 4. The third-order valence-corrected chi connectivity index (χ3v) is 4.44. The molecule has 1 aliphatic rings. The summed E-state index contributed by atoms with van der Waals surface area (Å²) >= 11 is 7.26. The Morgan fingerprint density at radius 1 is 1.63 bits per heavy atom. The summed E-state index contributed by atoms with van der Waals surface area (Å²) in [6.45, 7) is 0.312. The van der Waals surface area contributed by atoms with Crippen molar-refractivity contribution in [3.8, 4) is 0 Å². The van der Waals surface area contributed by atoms with Crippen LogP contribution in [0.15, 0.2) is 24.5 Å². The number of hydrogen-bond acceptors (Lipinski definition) is 4. The van der Waals surface area contributed by atoms with Gasteiger partial charge < -0.3 is 4.74 Å². The average molecular weight is 297 g/mol. The fraction of sp³-hybridized carbons (Fsp3) is 0.385. The summed E-state index contributed by atoms with van der Waals surface area (Å²) in [6.07, 6.45) is 4.63. The molecule has 2 heterocycles. The van der Waals surface area contributed by atoms with Crippen LogP contribution in [0.2, 0.25) is 4.34 Å². The molecule has 0 amide bonds. The van der Waals surface area contributed by atoms with Gasteiger partial charge in [0.25, 0.3) is 0 Å². The van der Waals surface area contributed by atoms with E-state index in [9.17, 15) is 4.79 Å². The molecule has 2 aromatic rings. The number of esters is 1. The summed E-state index contributed by atoms with van der Waals surface area (Å²) in [7, 11) is 1.87. The summed E-state index contributed by atoms with van der Waals surface area (Å²) in [5, 5.41) is 4.12. The third-order valence-electron chi connectivity index (χ3n) is 3.23. The maximum Gasteiger partial charge on any atom is 0.309 e. The van der Waals surface area contributed by atoms with E-state index in [2.05, 4.69) is 5.10 Å². The summed E-state index contributed by atoms with van der Waals surface area (Å²) in [6, 6.07) is 3.69. The highest BCUT2D eigenvalue weighted by atomic mass is 35.5. The molecule has 0 aliphatic heterocycles. The Balaban J connectivity index is 1.52. The van der Waals surface area contributed by atoms with E-state index in [0.717, 1.165) is 16.9 Å². The van der Waals surface area contributed by atoms with Gasteiger partial charge in [0, 0.05) is 24.0 Å². The van der Waals surface area contributed by atoms with Crippen molar-refractivity contribution in [1.82, 2.24) is 9.78 Å². The van der Waals surface area contributed by atoms with Crippen LogP contribution in [0.5, 0.6) is 0 Å². The Kier molecular flexibility index (Phi) is 3.33. The molecule has 0 radical (unpaired) electrons. The Bertz CT molecular complexity index is 607. The van der Waals surface area contributed by atoms with Crippen molar-refractivity contribution < 1.29 is 9.53 Å². The minimum Gasteiger partial charge on any atom is -0.460 e. The molecule has 0 saturated heterocycles. The van der Waals surface area contributed by atoms with Crippen LogP contribution in [-0.2, 0) is 23.2 Å². The molecule has 100 valence electrons. The van der Waals surface area contributed by atoms with Crippen molar-refractivity contribution in [2.75, 3.05) is 0 Å². The standard InChI is InChI=1S/C13H13ClN2O2S/c1-16-6-8(5-15-16)10-4-11(10)13(17)18-7-9-2-3-12(14)19-9/h2-3,5-6,10-11H,4,7H2,1H3/t10-,11-/m0/s1. The first-order chi connectivity index (χ1) is 9.13. The van der Waals surface area contributed by atoms with E-state index in [1.54, 1.807) is 4.68 Å². The zero-order valence-corrected chi connectivity index (χ0v) is 11.9. The van der Waals surface area contributed by atoms with Gasteiger partial charge in [0.15, 0.2) is 0 Å². The van der Waals surface area contributed by atoms with E-state index in [0.29, 0.717) is 10.9 Å². The van der Waals surface area contributed by atoms with Crippen LogP contribution in [-0.4, -0.2) is 15.7 Å². The van der Waals surface area contributed by atoms with E-state index in [1.807, 2.05) is 31.6 Å². The molecule has 0 unspecified atom stereocenters. The second-order valence-corrected chi connectivity index (χ2v) is 6.51. The van der Waals surface area contributed by atoms with Crippen molar-refractivity contribution in [2.45, 2.75) is 18.9 Å². The van der Waals surface area contributed by atoms with Crippen LogP contribution in [0.4, 0.5) is 0 Å². The molecule has 19 heavy (non-hydrogen) atoms. The fourth-order valence-electron chi connectivity index (χ4n) is 2.13. The van der Waals surface area contributed by atoms with Crippen molar-refractivity contribution in [2.24, 2.45) is 13.0 Å². The molecular weight excluding hydrogens is 284 g/mol. The SMILES string of the molecule is Cn1cc([C@@H]2C[C@@H]2C(=O)OCc2ccc(Cl)s2)cn1. The summed E-state index contributed by atoms with van der Waals surface area (Å²) in [5.74, 6) is 0.131. The molecule has 4 nitrogen and oxygen atoms in total. The second-order valence-electron chi connectivity index (χ2n) is 4.71. The highest BCUT2D eigenvalue weighted by Crippen LogP contribution is 2.48.